The number of rotatable bonds is 4. The average molecular weight is 344 g/mol. The molecule has 8 heteroatoms. The summed E-state index contributed by atoms with van der Waals surface area (Å²) in [7, 11) is -3.97. The van der Waals surface area contributed by atoms with E-state index in [1.54, 1.807) is 26.0 Å². The van der Waals surface area contributed by atoms with Crippen LogP contribution in [0, 0.1) is 6.92 Å². The second-order valence-electron chi connectivity index (χ2n) is 6.28. The zero-order chi connectivity index (χ0) is 16.9. The highest BCUT2D eigenvalue weighted by Gasteiger charge is 2.63. The van der Waals surface area contributed by atoms with Gasteiger partial charge < -0.3 is 19.3 Å². The van der Waals surface area contributed by atoms with Gasteiger partial charge in [-0.3, -0.25) is 4.18 Å². The van der Waals surface area contributed by atoms with Gasteiger partial charge in [-0.25, -0.2) is 0 Å². The lowest BCUT2D eigenvalue weighted by Gasteiger charge is -2.29. The van der Waals surface area contributed by atoms with Crippen molar-refractivity contribution in [3.63, 3.8) is 0 Å². The zero-order valence-corrected chi connectivity index (χ0v) is 14.0. The molecular weight excluding hydrogens is 324 g/mol. The Labute approximate surface area is 135 Å². The van der Waals surface area contributed by atoms with Gasteiger partial charge >= 0.3 is 0 Å². The van der Waals surface area contributed by atoms with Crippen LogP contribution in [0.1, 0.15) is 19.4 Å². The Hall–Kier alpha value is -1.03. The Morgan fingerprint density at radius 3 is 2.61 bits per heavy atom. The van der Waals surface area contributed by atoms with Gasteiger partial charge in [-0.05, 0) is 32.9 Å². The quantitative estimate of drug-likeness (QED) is 0.813. The van der Waals surface area contributed by atoms with Crippen LogP contribution >= 0.6 is 0 Å². The van der Waals surface area contributed by atoms with Crippen molar-refractivity contribution in [1.29, 1.82) is 0 Å². The Kier molecular flexibility index (Phi) is 4.03. The number of aliphatic hydroxyl groups excluding tert-OH is 1. The van der Waals surface area contributed by atoms with E-state index in [0.29, 0.717) is 0 Å². The summed E-state index contributed by atoms with van der Waals surface area (Å²) in [5.74, 6) is -0.952. The molecule has 0 spiro atoms. The van der Waals surface area contributed by atoms with E-state index in [-0.39, 0.29) is 11.5 Å². The maximum Gasteiger partial charge on any atom is 0.297 e. The van der Waals surface area contributed by atoms with Gasteiger partial charge in [-0.1, -0.05) is 17.7 Å². The summed E-state index contributed by atoms with van der Waals surface area (Å²) in [5, 5.41) is 10.1. The first-order chi connectivity index (χ1) is 10.6. The van der Waals surface area contributed by atoms with Gasteiger partial charge in [-0.15, -0.1) is 0 Å². The van der Waals surface area contributed by atoms with E-state index in [2.05, 4.69) is 0 Å². The highest BCUT2D eigenvalue weighted by Crippen LogP contribution is 2.43. The standard InChI is InChI=1S/C15H20O7S/c1-10-4-6-11(7-5-10)23(17,18)20-9-15-12(8-19-13(15)16)21-14(2,3)22-15/h4-7,12-13,16H,8-9H2,1-3H3/t12-,13?,15-/m1/s1. The number of aliphatic hydroxyl groups is 1. The summed E-state index contributed by atoms with van der Waals surface area (Å²) < 4.78 is 46.3. The maximum atomic E-state index is 12.3. The van der Waals surface area contributed by atoms with Crippen LogP contribution in [0.25, 0.3) is 0 Å². The first-order valence-electron chi connectivity index (χ1n) is 7.28. The van der Waals surface area contributed by atoms with E-state index < -0.39 is 40.5 Å². The summed E-state index contributed by atoms with van der Waals surface area (Å²) in [6.07, 6.45) is -1.91. The van der Waals surface area contributed by atoms with Crippen LogP contribution in [0.2, 0.25) is 0 Å². The molecule has 7 nitrogen and oxygen atoms in total. The van der Waals surface area contributed by atoms with Crippen molar-refractivity contribution in [2.45, 2.75) is 49.4 Å². The SMILES string of the molecule is Cc1ccc(S(=O)(=O)OC[C@@]23OC(C)(C)O[C@@H]2COC3O)cc1. The Morgan fingerprint density at radius 1 is 1.30 bits per heavy atom. The van der Waals surface area contributed by atoms with Gasteiger partial charge in [0.1, 0.15) is 12.7 Å². The van der Waals surface area contributed by atoms with Gasteiger partial charge in [-0.2, -0.15) is 8.42 Å². The molecule has 0 aromatic heterocycles. The number of hydrogen-bond acceptors (Lipinski definition) is 7. The lowest BCUT2D eigenvalue weighted by molar-refractivity contribution is -0.241. The van der Waals surface area contributed by atoms with Crippen LogP contribution in [-0.2, 0) is 28.5 Å². The summed E-state index contributed by atoms with van der Waals surface area (Å²) in [6.45, 7) is 4.96. The third-order valence-electron chi connectivity index (χ3n) is 3.98. The fourth-order valence-corrected chi connectivity index (χ4v) is 3.78. The Morgan fingerprint density at radius 2 is 1.96 bits per heavy atom. The van der Waals surface area contributed by atoms with Crippen molar-refractivity contribution < 1.29 is 31.9 Å². The second-order valence-corrected chi connectivity index (χ2v) is 7.89. The fourth-order valence-electron chi connectivity index (χ4n) is 2.83. The number of aryl methyl sites for hydroxylation is 1. The monoisotopic (exact) mass is 344 g/mol. The van der Waals surface area contributed by atoms with Crippen molar-refractivity contribution in [3.8, 4) is 0 Å². The predicted molar refractivity (Wildman–Crippen MR) is 79.0 cm³/mol. The fraction of sp³-hybridized carbons (Fsp3) is 0.600. The molecule has 2 aliphatic heterocycles. The smallest absolute Gasteiger partial charge is 0.297 e. The normalized spacial score (nSPS) is 32.9. The summed E-state index contributed by atoms with van der Waals surface area (Å²) in [5.41, 5.74) is -0.419. The second kappa shape index (κ2) is 5.51. The van der Waals surface area contributed by atoms with Crippen LogP contribution in [-0.4, -0.2) is 50.5 Å². The first kappa shape index (κ1) is 16.8. The lowest BCUT2D eigenvalue weighted by atomic mass is 10.0. The van der Waals surface area contributed by atoms with E-state index in [9.17, 15) is 13.5 Å². The minimum absolute atomic E-state index is 0.0441. The molecule has 128 valence electrons. The largest absolute Gasteiger partial charge is 0.365 e. The number of fused-ring (bicyclic) bond motifs is 1. The molecule has 1 aromatic carbocycles. The number of hydrogen-bond donors (Lipinski definition) is 1. The third kappa shape index (κ3) is 3.02. The number of ether oxygens (including phenoxy) is 3. The zero-order valence-electron chi connectivity index (χ0n) is 13.2. The topological polar surface area (TPSA) is 91.3 Å². The maximum absolute atomic E-state index is 12.3. The third-order valence-corrected chi connectivity index (χ3v) is 5.26. The highest BCUT2D eigenvalue weighted by molar-refractivity contribution is 7.86. The molecule has 3 rings (SSSR count). The van der Waals surface area contributed by atoms with Crippen molar-refractivity contribution in [3.05, 3.63) is 29.8 Å². The van der Waals surface area contributed by atoms with Crippen LogP contribution in [0.15, 0.2) is 29.2 Å². The molecule has 1 N–H and O–H groups in total. The van der Waals surface area contributed by atoms with Crippen LogP contribution in [0.4, 0.5) is 0 Å². The molecule has 0 amide bonds. The average Bonchev–Trinajstić information content (AvgIpc) is 2.89. The van der Waals surface area contributed by atoms with Crippen LogP contribution in [0.3, 0.4) is 0 Å². The summed E-state index contributed by atoms with van der Waals surface area (Å²) in [4.78, 5) is 0.0441. The molecule has 23 heavy (non-hydrogen) atoms. The molecule has 2 fully saturated rings. The van der Waals surface area contributed by atoms with Gasteiger partial charge in [0.25, 0.3) is 10.1 Å². The molecule has 0 radical (unpaired) electrons. The molecule has 2 heterocycles. The van der Waals surface area contributed by atoms with Crippen molar-refractivity contribution in [2.24, 2.45) is 0 Å². The van der Waals surface area contributed by atoms with Crippen molar-refractivity contribution in [1.82, 2.24) is 0 Å². The van der Waals surface area contributed by atoms with E-state index in [4.69, 9.17) is 18.4 Å². The molecule has 1 unspecified atom stereocenters. The van der Waals surface area contributed by atoms with Crippen molar-refractivity contribution >= 4 is 10.1 Å². The minimum atomic E-state index is -3.97. The Balaban J connectivity index is 1.80. The van der Waals surface area contributed by atoms with Crippen LogP contribution < -0.4 is 0 Å². The molecule has 0 bridgehead atoms. The molecular formula is C15H20O7S. The summed E-state index contributed by atoms with van der Waals surface area (Å²) >= 11 is 0. The van der Waals surface area contributed by atoms with Gasteiger partial charge in [0.05, 0.1) is 11.5 Å². The van der Waals surface area contributed by atoms with E-state index >= 15 is 0 Å². The van der Waals surface area contributed by atoms with Crippen LogP contribution in [0.5, 0.6) is 0 Å². The van der Waals surface area contributed by atoms with Gasteiger partial charge in [0.15, 0.2) is 17.7 Å². The highest BCUT2D eigenvalue weighted by atomic mass is 32.2. The van der Waals surface area contributed by atoms with Gasteiger partial charge in [0, 0.05) is 0 Å². The first-order valence-corrected chi connectivity index (χ1v) is 8.69. The lowest BCUT2D eigenvalue weighted by Crippen LogP contribution is -2.50. The van der Waals surface area contributed by atoms with E-state index in [0.717, 1.165) is 5.56 Å². The minimum Gasteiger partial charge on any atom is -0.365 e. The molecule has 0 saturated carbocycles. The molecule has 2 aliphatic rings. The molecule has 2 saturated heterocycles. The predicted octanol–water partition coefficient (Wildman–Crippen LogP) is 0.939. The van der Waals surface area contributed by atoms with E-state index in [1.165, 1.54) is 12.1 Å². The van der Waals surface area contributed by atoms with Gasteiger partial charge in [0.2, 0.25) is 0 Å². The summed E-state index contributed by atoms with van der Waals surface area (Å²) in [6, 6.07) is 6.31. The molecule has 1 aromatic rings. The van der Waals surface area contributed by atoms with E-state index in [1.807, 2.05) is 6.92 Å². The number of benzene rings is 1. The molecule has 0 aliphatic carbocycles. The van der Waals surface area contributed by atoms with Crippen molar-refractivity contribution in [2.75, 3.05) is 13.2 Å². The molecule has 3 atom stereocenters. The Bertz CT molecular complexity index is 682.